The minimum absolute atomic E-state index is 0.128. The minimum atomic E-state index is -4.55. The van der Waals surface area contributed by atoms with Crippen molar-refractivity contribution in [2.24, 2.45) is 0 Å². The Morgan fingerprint density at radius 1 is 1.04 bits per heavy atom. The maximum Gasteiger partial charge on any atom is 0.279 e. The predicted molar refractivity (Wildman–Crippen MR) is 91.2 cm³/mol. The van der Waals surface area contributed by atoms with Crippen LogP contribution in [0.4, 0.5) is 0 Å². The van der Waals surface area contributed by atoms with E-state index >= 15 is 0 Å². The van der Waals surface area contributed by atoms with Crippen LogP contribution in [0.5, 0.6) is 0 Å². The molecule has 0 saturated heterocycles. The van der Waals surface area contributed by atoms with E-state index in [1.807, 2.05) is 24.3 Å². The number of fused-ring (bicyclic) bond motifs is 1. The average Bonchev–Trinajstić information content (AvgIpc) is 2.54. The van der Waals surface area contributed by atoms with Gasteiger partial charge in [-0.15, -0.1) is 0 Å². The van der Waals surface area contributed by atoms with Crippen LogP contribution >= 0.6 is 0 Å². The van der Waals surface area contributed by atoms with Crippen molar-refractivity contribution < 1.29 is 17.8 Å². The van der Waals surface area contributed by atoms with E-state index in [9.17, 15) is 17.8 Å². The maximum atomic E-state index is 12.5. The molecule has 0 saturated carbocycles. The van der Waals surface area contributed by atoms with E-state index in [2.05, 4.69) is 4.98 Å². The van der Waals surface area contributed by atoms with Crippen molar-refractivity contribution in [2.75, 3.05) is 0 Å². The number of pyridine rings is 1. The lowest BCUT2D eigenvalue weighted by Crippen LogP contribution is -2.23. The Bertz CT molecular complexity index is 984. The van der Waals surface area contributed by atoms with E-state index in [-0.39, 0.29) is 12.0 Å². The Balaban J connectivity index is 1.93. The number of nitrogens with zero attached hydrogens (tertiary/aromatic N) is 1. The molecule has 0 amide bonds. The van der Waals surface area contributed by atoms with Gasteiger partial charge in [-0.25, -0.2) is 0 Å². The van der Waals surface area contributed by atoms with Gasteiger partial charge >= 0.3 is 0 Å². The molecule has 1 unspecified atom stereocenters. The molecular formula is C18H15NO4S. The summed E-state index contributed by atoms with van der Waals surface area (Å²) in [5.74, 6) is -0.596. The molecule has 2 aromatic carbocycles. The van der Waals surface area contributed by atoms with Gasteiger partial charge in [0.1, 0.15) is 0 Å². The number of ketones is 1. The van der Waals surface area contributed by atoms with Crippen molar-refractivity contribution in [3.63, 3.8) is 0 Å². The molecule has 3 rings (SSSR count). The van der Waals surface area contributed by atoms with Crippen LogP contribution in [0.3, 0.4) is 0 Å². The highest BCUT2D eigenvalue weighted by molar-refractivity contribution is 7.86. The van der Waals surface area contributed by atoms with Gasteiger partial charge in [0.05, 0.1) is 5.52 Å². The summed E-state index contributed by atoms with van der Waals surface area (Å²) in [7, 11) is -4.55. The fourth-order valence-corrected chi connectivity index (χ4v) is 3.58. The van der Waals surface area contributed by atoms with Crippen LogP contribution in [0.15, 0.2) is 66.9 Å². The largest absolute Gasteiger partial charge is 0.297 e. The summed E-state index contributed by atoms with van der Waals surface area (Å²) in [5.41, 5.74) is 1.64. The van der Waals surface area contributed by atoms with Crippen molar-refractivity contribution in [2.45, 2.75) is 11.7 Å². The number of Topliss-reactive ketones (excluding diaryl/α,β-unsaturated/α-hetero) is 1. The van der Waals surface area contributed by atoms with Gasteiger partial charge in [-0.1, -0.05) is 48.5 Å². The summed E-state index contributed by atoms with van der Waals surface area (Å²) in [4.78, 5) is 16.8. The molecule has 0 spiro atoms. The first kappa shape index (κ1) is 16.3. The summed E-state index contributed by atoms with van der Waals surface area (Å²) in [6.45, 7) is 0. The number of carbonyl (C=O) groups excluding carboxylic acids is 1. The first-order chi connectivity index (χ1) is 11.4. The van der Waals surface area contributed by atoms with Crippen molar-refractivity contribution >= 4 is 26.8 Å². The molecule has 0 radical (unpaired) electrons. The molecule has 6 heteroatoms. The SMILES string of the molecule is O=C(Cc1cnc2ccccc2c1)C(c1ccccc1)S(=O)(=O)O. The molecular weight excluding hydrogens is 326 g/mol. The molecule has 1 atom stereocenters. The average molecular weight is 341 g/mol. The Morgan fingerprint density at radius 3 is 2.42 bits per heavy atom. The van der Waals surface area contributed by atoms with Crippen LogP contribution in [-0.4, -0.2) is 23.7 Å². The fourth-order valence-electron chi connectivity index (χ4n) is 2.66. The number of hydrogen-bond donors (Lipinski definition) is 1. The Morgan fingerprint density at radius 2 is 1.71 bits per heavy atom. The topological polar surface area (TPSA) is 84.3 Å². The maximum absolute atomic E-state index is 12.5. The van der Waals surface area contributed by atoms with Crippen molar-refractivity contribution in [3.8, 4) is 0 Å². The molecule has 5 nitrogen and oxygen atoms in total. The highest BCUT2D eigenvalue weighted by Gasteiger charge is 2.32. The summed E-state index contributed by atoms with van der Waals surface area (Å²) in [6, 6.07) is 17.2. The first-order valence-corrected chi connectivity index (χ1v) is 8.83. The first-order valence-electron chi connectivity index (χ1n) is 7.33. The number of para-hydroxylation sites is 1. The number of hydrogen-bond acceptors (Lipinski definition) is 4. The second-order valence-electron chi connectivity index (χ2n) is 5.49. The van der Waals surface area contributed by atoms with E-state index in [4.69, 9.17) is 0 Å². The Labute approximate surface area is 139 Å². The molecule has 24 heavy (non-hydrogen) atoms. The number of carbonyl (C=O) groups is 1. The molecule has 0 aliphatic rings. The van der Waals surface area contributed by atoms with E-state index in [1.54, 1.807) is 30.5 Å². The lowest BCUT2D eigenvalue weighted by Gasteiger charge is -2.13. The molecule has 122 valence electrons. The predicted octanol–water partition coefficient (Wildman–Crippen LogP) is 2.98. The third-order valence-electron chi connectivity index (χ3n) is 3.72. The molecule has 1 aromatic heterocycles. The zero-order chi connectivity index (χ0) is 17.2. The molecule has 0 fully saturated rings. The fraction of sp³-hybridized carbons (Fsp3) is 0.111. The standard InChI is InChI=1S/C18H15NO4S/c20-17(18(24(21,22)23)14-6-2-1-3-7-14)11-13-10-15-8-4-5-9-16(15)19-12-13/h1-10,12,18H,11H2,(H,21,22,23). The highest BCUT2D eigenvalue weighted by atomic mass is 32.2. The molecule has 1 heterocycles. The molecule has 0 aliphatic carbocycles. The van der Waals surface area contributed by atoms with Crippen LogP contribution in [0.1, 0.15) is 16.4 Å². The van der Waals surface area contributed by atoms with E-state index < -0.39 is 21.2 Å². The van der Waals surface area contributed by atoms with Gasteiger partial charge in [-0.3, -0.25) is 14.3 Å². The van der Waals surface area contributed by atoms with Gasteiger partial charge in [-0.05, 0) is 23.3 Å². The monoisotopic (exact) mass is 341 g/mol. The Kier molecular flexibility index (Phi) is 4.42. The summed E-state index contributed by atoms with van der Waals surface area (Å²) in [6.07, 6.45) is 1.42. The number of benzene rings is 2. The van der Waals surface area contributed by atoms with Gasteiger partial charge in [-0.2, -0.15) is 8.42 Å². The lowest BCUT2D eigenvalue weighted by molar-refractivity contribution is -0.118. The van der Waals surface area contributed by atoms with Crippen LogP contribution in [0.25, 0.3) is 10.9 Å². The van der Waals surface area contributed by atoms with Gasteiger partial charge in [0.25, 0.3) is 10.1 Å². The number of aromatic nitrogens is 1. The summed E-state index contributed by atoms with van der Waals surface area (Å²) in [5, 5.41) is -0.726. The van der Waals surface area contributed by atoms with Crippen molar-refractivity contribution in [3.05, 3.63) is 78.0 Å². The van der Waals surface area contributed by atoms with Crippen LogP contribution in [0.2, 0.25) is 0 Å². The summed E-state index contributed by atoms with van der Waals surface area (Å²) < 4.78 is 32.9. The van der Waals surface area contributed by atoms with E-state index in [1.165, 1.54) is 12.1 Å². The second-order valence-corrected chi connectivity index (χ2v) is 6.99. The zero-order valence-electron chi connectivity index (χ0n) is 12.7. The molecule has 1 N–H and O–H groups in total. The third-order valence-corrected chi connectivity index (χ3v) is 4.85. The zero-order valence-corrected chi connectivity index (χ0v) is 13.5. The number of rotatable bonds is 5. The van der Waals surface area contributed by atoms with Gasteiger partial charge < -0.3 is 0 Å². The summed E-state index contributed by atoms with van der Waals surface area (Å²) >= 11 is 0. The van der Waals surface area contributed by atoms with Crippen LogP contribution in [0, 0.1) is 0 Å². The third kappa shape index (κ3) is 3.50. The molecule has 0 bridgehead atoms. The van der Waals surface area contributed by atoms with Crippen molar-refractivity contribution in [1.82, 2.24) is 4.98 Å². The van der Waals surface area contributed by atoms with Gasteiger partial charge in [0.2, 0.25) is 0 Å². The lowest BCUT2D eigenvalue weighted by atomic mass is 10.0. The van der Waals surface area contributed by atoms with Gasteiger partial charge in [0, 0.05) is 18.0 Å². The van der Waals surface area contributed by atoms with E-state index in [0.29, 0.717) is 5.56 Å². The van der Waals surface area contributed by atoms with Crippen molar-refractivity contribution in [1.29, 1.82) is 0 Å². The smallest absolute Gasteiger partial charge is 0.279 e. The Hall–Kier alpha value is -2.57. The molecule has 3 aromatic rings. The highest BCUT2D eigenvalue weighted by Crippen LogP contribution is 2.24. The normalized spacial score (nSPS) is 12.9. The van der Waals surface area contributed by atoms with E-state index in [0.717, 1.165) is 10.9 Å². The molecule has 0 aliphatic heterocycles. The van der Waals surface area contributed by atoms with Crippen LogP contribution in [-0.2, 0) is 21.3 Å². The second kappa shape index (κ2) is 6.51. The minimum Gasteiger partial charge on any atom is -0.297 e. The quantitative estimate of drug-likeness (QED) is 0.721. The van der Waals surface area contributed by atoms with Crippen LogP contribution < -0.4 is 0 Å². The van der Waals surface area contributed by atoms with Gasteiger partial charge in [0.15, 0.2) is 11.0 Å².